The Balaban J connectivity index is 2.52. The highest BCUT2D eigenvalue weighted by Gasteiger charge is 2.10. The van der Waals surface area contributed by atoms with E-state index < -0.39 is 0 Å². The summed E-state index contributed by atoms with van der Waals surface area (Å²) in [7, 11) is 7.52. The van der Waals surface area contributed by atoms with Crippen LogP contribution in [0, 0.1) is 0 Å². The van der Waals surface area contributed by atoms with Crippen molar-refractivity contribution in [3.8, 4) is 11.5 Å². The summed E-state index contributed by atoms with van der Waals surface area (Å²) in [6.45, 7) is 0.818. The fraction of sp³-hybridized carbons (Fsp3) is 0.263. The van der Waals surface area contributed by atoms with E-state index in [1.54, 1.807) is 14.2 Å². The Morgan fingerprint density at radius 2 is 1.50 bits per heavy atom. The van der Waals surface area contributed by atoms with Gasteiger partial charge in [-0.3, -0.25) is 0 Å². The van der Waals surface area contributed by atoms with Gasteiger partial charge in [-0.15, -0.1) is 0 Å². The average Bonchev–Trinajstić information content (AvgIpc) is 2.54. The first-order chi connectivity index (χ1) is 10.7. The van der Waals surface area contributed by atoms with E-state index in [-0.39, 0.29) is 0 Å². The van der Waals surface area contributed by atoms with Crippen molar-refractivity contribution in [3.05, 3.63) is 59.7 Å². The number of para-hydroxylation sites is 2. The second-order valence-corrected chi connectivity index (χ2v) is 5.35. The molecule has 0 aliphatic carbocycles. The Morgan fingerprint density at radius 1 is 0.909 bits per heavy atom. The third-order valence-electron chi connectivity index (χ3n) is 3.41. The smallest absolute Gasteiger partial charge is 0.126 e. The molecule has 0 saturated carbocycles. The lowest BCUT2D eigenvalue weighted by Crippen LogP contribution is -2.15. The van der Waals surface area contributed by atoms with Crippen LogP contribution in [0.25, 0.3) is 11.6 Å². The Morgan fingerprint density at radius 3 is 2.14 bits per heavy atom. The van der Waals surface area contributed by atoms with Crippen molar-refractivity contribution in [2.75, 3.05) is 34.9 Å². The molecule has 0 amide bonds. The van der Waals surface area contributed by atoms with Crippen LogP contribution in [0.2, 0.25) is 0 Å². The number of rotatable bonds is 6. The van der Waals surface area contributed by atoms with Gasteiger partial charge in [0.1, 0.15) is 11.5 Å². The van der Waals surface area contributed by atoms with Crippen molar-refractivity contribution < 1.29 is 9.47 Å². The van der Waals surface area contributed by atoms with Crippen molar-refractivity contribution in [1.29, 1.82) is 0 Å². The van der Waals surface area contributed by atoms with E-state index in [0.29, 0.717) is 0 Å². The lowest BCUT2D eigenvalue weighted by molar-refractivity contribution is 0.411. The fourth-order valence-corrected chi connectivity index (χ4v) is 2.43. The highest BCUT2D eigenvalue weighted by molar-refractivity contribution is 5.86. The third kappa shape index (κ3) is 3.89. The van der Waals surface area contributed by atoms with Gasteiger partial charge in [-0.05, 0) is 37.9 Å². The van der Waals surface area contributed by atoms with Crippen molar-refractivity contribution in [1.82, 2.24) is 4.90 Å². The van der Waals surface area contributed by atoms with E-state index in [9.17, 15) is 0 Å². The second kappa shape index (κ2) is 7.66. The molecular formula is C19H23NO2. The monoisotopic (exact) mass is 297 g/mol. The quantitative estimate of drug-likeness (QED) is 0.757. The summed E-state index contributed by atoms with van der Waals surface area (Å²) in [6.07, 6.45) is 2.16. The molecule has 0 spiro atoms. The van der Waals surface area contributed by atoms with Crippen LogP contribution in [0.1, 0.15) is 11.1 Å². The summed E-state index contributed by atoms with van der Waals surface area (Å²) in [6, 6.07) is 16.1. The maximum absolute atomic E-state index is 5.51. The fourth-order valence-electron chi connectivity index (χ4n) is 2.43. The summed E-state index contributed by atoms with van der Waals surface area (Å²) >= 11 is 0. The van der Waals surface area contributed by atoms with Crippen molar-refractivity contribution >= 4 is 11.6 Å². The zero-order valence-corrected chi connectivity index (χ0v) is 13.7. The highest BCUT2D eigenvalue weighted by atomic mass is 16.5. The lowest BCUT2D eigenvalue weighted by atomic mass is 10.0. The molecule has 2 aromatic carbocycles. The van der Waals surface area contributed by atoms with E-state index in [1.807, 2.05) is 36.4 Å². The van der Waals surface area contributed by atoms with Gasteiger partial charge in [0, 0.05) is 17.7 Å². The largest absolute Gasteiger partial charge is 0.496 e. The van der Waals surface area contributed by atoms with Gasteiger partial charge < -0.3 is 14.4 Å². The predicted molar refractivity (Wildman–Crippen MR) is 92.4 cm³/mol. The first-order valence-corrected chi connectivity index (χ1v) is 7.27. The molecule has 0 atom stereocenters. The van der Waals surface area contributed by atoms with Crippen LogP contribution >= 0.6 is 0 Å². The van der Waals surface area contributed by atoms with E-state index in [1.165, 1.54) is 5.57 Å². The standard InChI is InChI=1S/C19H23NO2/c1-20(2)14-16(17-10-6-8-12-19(17)22-4)13-15-9-5-7-11-18(15)21-3/h5-13H,14H2,1-4H3. The molecular weight excluding hydrogens is 274 g/mol. The summed E-state index contributed by atoms with van der Waals surface area (Å²) in [4.78, 5) is 2.15. The van der Waals surface area contributed by atoms with E-state index in [0.717, 1.165) is 29.2 Å². The van der Waals surface area contributed by atoms with Gasteiger partial charge in [-0.2, -0.15) is 0 Å². The van der Waals surface area contributed by atoms with Crippen LogP contribution < -0.4 is 9.47 Å². The molecule has 2 aromatic rings. The number of methoxy groups -OCH3 is 2. The molecule has 2 rings (SSSR count). The first kappa shape index (κ1) is 16.1. The molecule has 0 aliphatic rings. The molecule has 0 fully saturated rings. The average molecular weight is 297 g/mol. The van der Waals surface area contributed by atoms with E-state index in [2.05, 4.69) is 37.2 Å². The maximum Gasteiger partial charge on any atom is 0.126 e. The molecule has 0 unspecified atom stereocenters. The molecule has 0 heterocycles. The molecule has 0 aromatic heterocycles. The number of benzene rings is 2. The summed E-state index contributed by atoms with van der Waals surface area (Å²) < 4.78 is 11.0. The minimum atomic E-state index is 0.818. The maximum atomic E-state index is 5.51. The lowest BCUT2D eigenvalue weighted by Gasteiger charge is -2.17. The van der Waals surface area contributed by atoms with Gasteiger partial charge in [-0.1, -0.05) is 36.4 Å². The highest BCUT2D eigenvalue weighted by Crippen LogP contribution is 2.30. The molecule has 0 bridgehead atoms. The van der Waals surface area contributed by atoms with Gasteiger partial charge in [-0.25, -0.2) is 0 Å². The number of ether oxygens (including phenoxy) is 2. The van der Waals surface area contributed by atoms with Gasteiger partial charge in [0.25, 0.3) is 0 Å². The predicted octanol–water partition coefficient (Wildman–Crippen LogP) is 3.81. The summed E-state index contributed by atoms with van der Waals surface area (Å²) in [5.74, 6) is 1.75. The number of nitrogens with zero attached hydrogens (tertiary/aromatic N) is 1. The number of likely N-dealkylation sites (N-methyl/N-ethyl adjacent to an activating group) is 1. The summed E-state index contributed by atoms with van der Waals surface area (Å²) in [5.41, 5.74) is 3.35. The van der Waals surface area contributed by atoms with Gasteiger partial charge >= 0.3 is 0 Å². The first-order valence-electron chi connectivity index (χ1n) is 7.27. The van der Waals surface area contributed by atoms with Gasteiger partial charge in [0.2, 0.25) is 0 Å². The Kier molecular flexibility index (Phi) is 5.61. The van der Waals surface area contributed by atoms with Crippen LogP contribution in [0.15, 0.2) is 48.5 Å². The van der Waals surface area contributed by atoms with Crippen LogP contribution in [-0.4, -0.2) is 39.8 Å². The third-order valence-corrected chi connectivity index (χ3v) is 3.41. The molecule has 116 valence electrons. The van der Waals surface area contributed by atoms with E-state index in [4.69, 9.17) is 9.47 Å². The topological polar surface area (TPSA) is 21.7 Å². The second-order valence-electron chi connectivity index (χ2n) is 5.35. The summed E-state index contributed by atoms with van der Waals surface area (Å²) in [5, 5.41) is 0. The molecule has 0 saturated heterocycles. The Hall–Kier alpha value is -2.26. The molecule has 0 radical (unpaired) electrons. The van der Waals surface area contributed by atoms with Crippen molar-refractivity contribution in [3.63, 3.8) is 0 Å². The van der Waals surface area contributed by atoms with Crippen LogP contribution in [0.5, 0.6) is 11.5 Å². The van der Waals surface area contributed by atoms with Gasteiger partial charge in [0.05, 0.1) is 14.2 Å². The Bertz CT molecular complexity index is 647. The van der Waals surface area contributed by atoms with E-state index >= 15 is 0 Å². The SMILES string of the molecule is COc1ccccc1C=C(CN(C)C)c1ccccc1OC. The van der Waals surface area contributed by atoms with Crippen LogP contribution in [0.4, 0.5) is 0 Å². The molecule has 0 aliphatic heterocycles. The zero-order chi connectivity index (χ0) is 15.9. The normalized spacial score (nSPS) is 11.6. The number of hydrogen-bond donors (Lipinski definition) is 0. The molecule has 22 heavy (non-hydrogen) atoms. The molecule has 3 nitrogen and oxygen atoms in total. The minimum absolute atomic E-state index is 0.818. The zero-order valence-electron chi connectivity index (χ0n) is 13.7. The number of hydrogen-bond acceptors (Lipinski definition) is 3. The Labute approximate surface area is 132 Å². The van der Waals surface area contributed by atoms with Crippen molar-refractivity contribution in [2.45, 2.75) is 0 Å². The molecule has 0 N–H and O–H groups in total. The van der Waals surface area contributed by atoms with Crippen molar-refractivity contribution in [2.24, 2.45) is 0 Å². The van der Waals surface area contributed by atoms with Crippen LogP contribution in [-0.2, 0) is 0 Å². The minimum Gasteiger partial charge on any atom is -0.496 e. The van der Waals surface area contributed by atoms with Crippen LogP contribution in [0.3, 0.4) is 0 Å². The molecule has 3 heteroatoms. The van der Waals surface area contributed by atoms with Gasteiger partial charge in [0.15, 0.2) is 0 Å².